The number of nitrogens with two attached hydrogens (primary N) is 1. The van der Waals surface area contributed by atoms with E-state index in [1.54, 1.807) is 13.1 Å². The van der Waals surface area contributed by atoms with E-state index in [1.165, 1.54) is 16.4 Å². The van der Waals surface area contributed by atoms with Crippen LogP contribution in [0.5, 0.6) is 0 Å². The molecule has 0 saturated heterocycles. The maximum atomic E-state index is 12.5. The summed E-state index contributed by atoms with van der Waals surface area (Å²) in [5, 5.41) is 0. The van der Waals surface area contributed by atoms with Gasteiger partial charge in [-0.3, -0.25) is 0 Å². The second-order valence-electron chi connectivity index (χ2n) is 4.75. The zero-order valence-corrected chi connectivity index (χ0v) is 14.1. The van der Waals surface area contributed by atoms with Gasteiger partial charge in [-0.2, -0.15) is 0 Å². The first-order chi connectivity index (χ1) is 9.91. The van der Waals surface area contributed by atoms with Gasteiger partial charge in [-0.25, -0.2) is 12.7 Å². The molecule has 0 aliphatic heterocycles. The Morgan fingerprint density at radius 2 is 1.81 bits per heavy atom. The van der Waals surface area contributed by atoms with Gasteiger partial charge in [0.05, 0.1) is 4.90 Å². The molecule has 6 heteroatoms. The number of likely N-dealkylation sites (N-methyl/N-ethyl adjacent to an activating group) is 1. The van der Waals surface area contributed by atoms with E-state index in [2.05, 4.69) is 15.9 Å². The first kappa shape index (κ1) is 16.0. The molecule has 0 bridgehead atoms. The van der Waals surface area contributed by atoms with Gasteiger partial charge in [-0.1, -0.05) is 30.3 Å². The molecule has 0 spiro atoms. The Hall–Kier alpha value is -1.37. The number of benzene rings is 2. The number of anilines is 1. The molecule has 0 aromatic heterocycles. The van der Waals surface area contributed by atoms with Crippen LogP contribution in [0.3, 0.4) is 0 Å². The molecule has 0 radical (unpaired) electrons. The van der Waals surface area contributed by atoms with Crippen LogP contribution in [0.15, 0.2) is 57.9 Å². The predicted molar refractivity (Wildman–Crippen MR) is 88.5 cm³/mol. The first-order valence-electron chi connectivity index (χ1n) is 6.46. The smallest absolute Gasteiger partial charge is 0.242 e. The first-order valence-corrected chi connectivity index (χ1v) is 8.70. The third-order valence-corrected chi connectivity index (χ3v) is 5.78. The third-order valence-electron chi connectivity index (χ3n) is 3.24. The van der Waals surface area contributed by atoms with Gasteiger partial charge in [0.2, 0.25) is 10.0 Å². The quantitative estimate of drug-likeness (QED) is 0.825. The highest BCUT2D eigenvalue weighted by Crippen LogP contribution is 2.24. The summed E-state index contributed by atoms with van der Waals surface area (Å²) >= 11 is 3.26. The van der Waals surface area contributed by atoms with Gasteiger partial charge in [0.25, 0.3) is 0 Å². The minimum Gasteiger partial charge on any atom is -0.398 e. The van der Waals surface area contributed by atoms with Gasteiger partial charge in [0.1, 0.15) is 0 Å². The molecule has 2 aromatic rings. The Morgan fingerprint density at radius 3 is 2.43 bits per heavy atom. The average Bonchev–Trinajstić information content (AvgIpc) is 2.48. The highest BCUT2D eigenvalue weighted by molar-refractivity contribution is 9.10. The Kier molecular flexibility index (Phi) is 5.03. The normalized spacial score (nSPS) is 11.8. The number of sulfonamides is 1. The number of halogens is 1. The van der Waals surface area contributed by atoms with E-state index in [0.717, 1.165) is 5.56 Å². The topological polar surface area (TPSA) is 63.4 Å². The molecule has 2 N–H and O–H groups in total. The van der Waals surface area contributed by atoms with E-state index < -0.39 is 10.0 Å². The highest BCUT2D eigenvalue weighted by atomic mass is 79.9. The van der Waals surface area contributed by atoms with Crippen molar-refractivity contribution in [3.8, 4) is 0 Å². The molecule has 0 atom stereocenters. The second-order valence-corrected chi connectivity index (χ2v) is 7.64. The number of rotatable bonds is 5. The highest BCUT2D eigenvalue weighted by Gasteiger charge is 2.21. The Labute approximate surface area is 133 Å². The molecular weight excluding hydrogens is 352 g/mol. The summed E-state index contributed by atoms with van der Waals surface area (Å²) in [6.45, 7) is 0.425. The zero-order valence-electron chi connectivity index (χ0n) is 11.7. The number of nitrogens with zero attached hydrogens (tertiary/aromatic N) is 1. The second kappa shape index (κ2) is 6.60. The lowest BCUT2D eigenvalue weighted by Gasteiger charge is -2.17. The van der Waals surface area contributed by atoms with Crippen molar-refractivity contribution in [2.75, 3.05) is 19.3 Å². The van der Waals surface area contributed by atoms with Crippen LogP contribution >= 0.6 is 15.9 Å². The van der Waals surface area contributed by atoms with Crippen LogP contribution in [-0.4, -0.2) is 26.3 Å². The lowest BCUT2D eigenvalue weighted by atomic mass is 10.2. The zero-order chi connectivity index (χ0) is 15.5. The molecule has 2 aromatic carbocycles. The minimum absolute atomic E-state index is 0.235. The van der Waals surface area contributed by atoms with Crippen molar-refractivity contribution in [1.29, 1.82) is 0 Å². The molecule has 0 aliphatic carbocycles. The number of hydrogen-bond donors (Lipinski definition) is 1. The molecule has 4 nitrogen and oxygen atoms in total. The van der Waals surface area contributed by atoms with Gasteiger partial charge in [0, 0.05) is 23.8 Å². The van der Waals surface area contributed by atoms with Crippen molar-refractivity contribution in [3.63, 3.8) is 0 Å². The molecule has 2 rings (SSSR count). The van der Waals surface area contributed by atoms with Gasteiger partial charge < -0.3 is 5.73 Å². The maximum absolute atomic E-state index is 12.5. The largest absolute Gasteiger partial charge is 0.398 e. The van der Waals surface area contributed by atoms with Crippen LogP contribution in [0.1, 0.15) is 5.56 Å². The van der Waals surface area contributed by atoms with Crippen LogP contribution in [0, 0.1) is 0 Å². The van der Waals surface area contributed by atoms with Crippen LogP contribution in [0.4, 0.5) is 5.69 Å². The van der Waals surface area contributed by atoms with Crippen molar-refractivity contribution in [3.05, 3.63) is 58.6 Å². The monoisotopic (exact) mass is 368 g/mol. The van der Waals surface area contributed by atoms with Crippen molar-refractivity contribution in [2.24, 2.45) is 0 Å². The Morgan fingerprint density at radius 1 is 1.14 bits per heavy atom. The fourth-order valence-corrected chi connectivity index (χ4v) is 3.63. The fourth-order valence-electron chi connectivity index (χ4n) is 1.90. The number of hydrogen-bond acceptors (Lipinski definition) is 3. The van der Waals surface area contributed by atoms with Gasteiger partial charge >= 0.3 is 0 Å². The summed E-state index contributed by atoms with van der Waals surface area (Å²) in [5.41, 5.74) is 7.31. The summed E-state index contributed by atoms with van der Waals surface area (Å²) < 4.78 is 26.9. The molecule has 112 valence electrons. The average molecular weight is 369 g/mol. The molecule has 0 heterocycles. The van der Waals surface area contributed by atoms with Crippen molar-refractivity contribution < 1.29 is 8.42 Å². The molecule has 0 saturated carbocycles. The van der Waals surface area contributed by atoms with E-state index in [0.29, 0.717) is 23.1 Å². The van der Waals surface area contributed by atoms with Crippen molar-refractivity contribution in [1.82, 2.24) is 4.31 Å². The van der Waals surface area contributed by atoms with E-state index in [4.69, 9.17) is 5.73 Å². The van der Waals surface area contributed by atoms with E-state index in [1.807, 2.05) is 30.3 Å². The van der Waals surface area contributed by atoms with E-state index >= 15 is 0 Å². The summed E-state index contributed by atoms with van der Waals surface area (Å²) in [6.07, 6.45) is 0.673. The summed E-state index contributed by atoms with van der Waals surface area (Å²) in [5.74, 6) is 0. The molecular formula is C15H17BrN2O2S. The molecule has 0 fully saturated rings. The maximum Gasteiger partial charge on any atom is 0.242 e. The summed E-state index contributed by atoms with van der Waals surface area (Å²) in [6, 6.07) is 14.4. The van der Waals surface area contributed by atoms with Crippen molar-refractivity contribution >= 4 is 31.6 Å². The van der Waals surface area contributed by atoms with E-state index in [9.17, 15) is 8.42 Å². The van der Waals surface area contributed by atoms with Crippen LogP contribution in [0.2, 0.25) is 0 Å². The predicted octanol–water partition coefficient (Wildman–Crippen LogP) is 2.89. The van der Waals surface area contributed by atoms with Gasteiger partial charge in [-0.15, -0.1) is 0 Å². The molecule has 0 amide bonds. The van der Waals surface area contributed by atoms with Crippen molar-refractivity contribution in [2.45, 2.75) is 11.3 Å². The number of nitrogen functional groups attached to an aromatic ring is 1. The minimum atomic E-state index is -3.50. The molecule has 0 unspecified atom stereocenters. The van der Waals surface area contributed by atoms with Crippen LogP contribution in [-0.2, 0) is 16.4 Å². The van der Waals surface area contributed by atoms with E-state index in [-0.39, 0.29) is 4.90 Å². The Bertz CT molecular complexity index is 718. The van der Waals surface area contributed by atoms with Gasteiger partial charge in [0.15, 0.2) is 0 Å². The standard InChI is InChI=1S/C15H17BrN2O2S/c1-18(10-9-12-5-3-2-4-6-12)21(19,20)13-7-8-15(17)14(16)11-13/h2-8,11H,9-10,17H2,1H3. The lowest BCUT2D eigenvalue weighted by Crippen LogP contribution is -2.29. The Balaban J connectivity index is 2.13. The summed E-state index contributed by atoms with van der Waals surface area (Å²) in [7, 11) is -1.91. The summed E-state index contributed by atoms with van der Waals surface area (Å²) in [4.78, 5) is 0.235. The van der Waals surface area contributed by atoms with Crippen LogP contribution < -0.4 is 5.73 Å². The molecule has 0 aliphatic rings. The molecule has 21 heavy (non-hydrogen) atoms. The fraction of sp³-hybridized carbons (Fsp3) is 0.200. The SMILES string of the molecule is CN(CCc1ccccc1)S(=O)(=O)c1ccc(N)c(Br)c1. The lowest BCUT2D eigenvalue weighted by molar-refractivity contribution is 0.472. The van der Waals surface area contributed by atoms with Crippen LogP contribution in [0.25, 0.3) is 0 Å². The third kappa shape index (κ3) is 3.84. The van der Waals surface area contributed by atoms with Gasteiger partial charge in [-0.05, 0) is 46.1 Å².